The Kier molecular flexibility index (Phi) is 4.17. The summed E-state index contributed by atoms with van der Waals surface area (Å²) in [6, 6.07) is 5.91. The van der Waals surface area contributed by atoms with Crippen molar-refractivity contribution in [2.45, 2.75) is 37.5 Å². The van der Waals surface area contributed by atoms with Crippen LogP contribution in [0, 0.1) is 0 Å². The van der Waals surface area contributed by atoms with E-state index in [-0.39, 0.29) is 24.6 Å². The lowest BCUT2D eigenvalue weighted by atomic mass is 9.88. The molecule has 112 valence electrons. The van der Waals surface area contributed by atoms with Crippen LogP contribution < -0.4 is 10.1 Å². The van der Waals surface area contributed by atoms with Crippen LogP contribution >= 0.6 is 0 Å². The molecular formula is C13H14F5NO. The van der Waals surface area contributed by atoms with Crippen LogP contribution in [-0.2, 0) is 6.54 Å². The molecule has 1 aromatic carbocycles. The Morgan fingerprint density at radius 1 is 1.25 bits per heavy atom. The van der Waals surface area contributed by atoms with Gasteiger partial charge in [0.1, 0.15) is 5.75 Å². The van der Waals surface area contributed by atoms with Gasteiger partial charge in [0.05, 0.1) is 0 Å². The van der Waals surface area contributed by atoms with Crippen molar-refractivity contribution < 1.29 is 26.7 Å². The van der Waals surface area contributed by atoms with Gasteiger partial charge in [-0.25, -0.2) is 8.78 Å². The Bertz CT molecular complexity index is 452. The second-order valence-electron chi connectivity index (χ2n) is 4.89. The van der Waals surface area contributed by atoms with Gasteiger partial charge in [-0.1, -0.05) is 12.1 Å². The highest BCUT2D eigenvalue weighted by atomic mass is 19.4. The van der Waals surface area contributed by atoms with Gasteiger partial charge in [-0.2, -0.15) is 13.2 Å². The zero-order valence-electron chi connectivity index (χ0n) is 10.5. The van der Waals surface area contributed by atoms with Crippen LogP contribution in [0.4, 0.5) is 22.0 Å². The number of benzene rings is 1. The highest BCUT2D eigenvalue weighted by Gasteiger charge is 2.44. The predicted molar refractivity (Wildman–Crippen MR) is 62.8 cm³/mol. The van der Waals surface area contributed by atoms with E-state index in [0.717, 1.165) is 0 Å². The Hall–Kier alpha value is -1.37. The fourth-order valence-electron chi connectivity index (χ4n) is 1.98. The van der Waals surface area contributed by atoms with Gasteiger partial charge in [0.2, 0.25) is 0 Å². The maximum Gasteiger partial charge on any atom is 0.422 e. The molecule has 0 bridgehead atoms. The van der Waals surface area contributed by atoms with Crippen molar-refractivity contribution in [3.63, 3.8) is 0 Å². The lowest BCUT2D eigenvalue weighted by Gasteiger charge is -2.35. The highest BCUT2D eigenvalue weighted by molar-refractivity contribution is 5.28. The van der Waals surface area contributed by atoms with Gasteiger partial charge in [0, 0.05) is 25.4 Å². The van der Waals surface area contributed by atoms with Gasteiger partial charge in [-0.05, 0) is 17.7 Å². The van der Waals surface area contributed by atoms with E-state index in [2.05, 4.69) is 10.1 Å². The second-order valence-corrected chi connectivity index (χ2v) is 4.89. The number of nitrogens with one attached hydrogen (secondary N) is 1. The first-order chi connectivity index (χ1) is 9.23. The predicted octanol–water partition coefficient (Wildman–Crippen LogP) is 3.52. The molecule has 0 heterocycles. The number of halogens is 5. The average Bonchev–Trinajstić information content (AvgIpc) is 2.31. The number of rotatable bonds is 5. The molecule has 0 aromatic heterocycles. The highest BCUT2D eigenvalue weighted by Crippen LogP contribution is 2.37. The average molecular weight is 295 g/mol. The lowest BCUT2D eigenvalue weighted by molar-refractivity contribution is -0.153. The van der Waals surface area contributed by atoms with Crippen molar-refractivity contribution in [1.82, 2.24) is 5.32 Å². The normalized spacial score (nSPS) is 18.6. The van der Waals surface area contributed by atoms with Gasteiger partial charge in [0.25, 0.3) is 5.92 Å². The van der Waals surface area contributed by atoms with Crippen molar-refractivity contribution in [1.29, 1.82) is 0 Å². The largest absolute Gasteiger partial charge is 0.484 e. The van der Waals surface area contributed by atoms with Gasteiger partial charge in [-0.15, -0.1) is 0 Å². The zero-order chi connectivity index (χ0) is 14.8. The van der Waals surface area contributed by atoms with E-state index < -0.39 is 18.7 Å². The maximum absolute atomic E-state index is 12.6. The minimum Gasteiger partial charge on any atom is -0.484 e. The minimum absolute atomic E-state index is 0.112. The molecule has 0 aliphatic heterocycles. The molecule has 0 atom stereocenters. The van der Waals surface area contributed by atoms with E-state index in [1.54, 1.807) is 12.1 Å². The third-order valence-electron chi connectivity index (χ3n) is 2.99. The van der Waals surface area contributed by atoms with Gasteiger partial charge in [0.15, 0.2) is 6.61 Å². The maximum atomic E-state index is 12.6. The smallest absolute Gasteiger partial charge is 0.422 e. The molecule has 1 aromatic rings. The first-order valence-electron chi connectivity index (χ1n) is 6.13. The summed E-state index contributed by atoms with van der Waals surface area (Å²) < 4.78 is 65.9. The van der Waals surface area contributed by atoms with Crippen molar-refractivity contribution in [2.75, 3.05) is 6.61 Å². The number of ether oxygens (including phenoxy) is 1. The van der Waals surface area contributed by atoms with Crippen LogP contribution in [0.2, 0.25) is 0 Å². The molecule has 0 unspecified atom stereocenters. The summed E-state index contributed by atoms with van der Waals surface area (Å²) in [4.78, 5) is 0. The van der Waals surface area contributed by atoms with Gasteiger partial charge >= 0.3 is 6.18 Å². The molecule has 0 amide bonds. The van der Waals surface area contributed by atoms with Crippen molar-refractivity contribution in [3.05, 3.63) is 29.8 Å². The Balaban J connectivity index is 1.81. The van der Waals surface area contributed by atoms with Gasteiger partial charge in [-0.3, -0.25) is 0 Å². The Labute approximate surface area is 112 Å². The minimum atomic E-state index is -4.38. The monoisotopic (exact) mass is 295 g/mol. The molecular weight excluding hydrogens is 281 g/mol. The molecule has 1 N–H and O–H groups in total. The van der Waals surface area contributed by atoms with Crippen LogP contribution in [0.1, 0.15) is 18.4 Å². The SMILES string of the molecule is FC(F)(F)COc1cccc(CNC2CC(F)(F)C2)c1. The molecule has 1 aliphatic rings. The van der Waals surface area contributed by atoms with Crippen LogP contribution in [0.5, 0.6) is 5.75 Å². The molecule has 2 nitrogen and oxygen atoms in total. The summed E-state index contributed by atoms with van der Waals surface area (Å²) >= 11 is 0. The Morgan fingerprint density at radius 2 is 1.95 bits per heavy atom. The fourth-order valence-corrected chi connectivity index (χ4v) is 1.98. The lowest BCUT2D eigenvalue weighted by Crippen LogP contribution is -2.48. The molecule has 1 saturated carbocycles. The van der Waals surface area contributed by atoms with E-state index in [1.807, 2.05) is 0 Å². The van der Waals surface area contributed by atoms with Crippen molar-refractivity contribution >= 4 is 0 Å². The van der Waals surface area contributed by atoms with E-state index in [9.17, 15) is 22.0 Å². The summed E-state index contributed by atoms with van der Waals surface area (Å²) in [5.74, 6) is -2.48. The molecule has 2 rings (SSSR count). The molecule has 7 heteroatoms. The third kappa shape index (κ3) is 4.63. The van der Waals surface area contributed by atoms with E-state index in [4.69, 9.17) is 0 Å². The molecule has 1 fully saturated rings. The summed E-state index contributed by atoms with van der Waals surface area (Å²) in [7, 11) is 0. The fraction of sp³-hybridized carbons (Fsp3) is 0.538. The number of hydrogen-bond donors (Lipinski definition) is 1. The third-order valence-corrected chi connectivity index (χ3v) is 2.99. The molecule has 20 heavy (non-hydrogen) atoms. The van der Waals surface area contributed by atoms with E-state index in [1.165, 1.54) is 12.1 Å². The zero-order valence-corrected chi connectivity index (χ0v) is 10.5. The van der Waals surface area contributed by atoms with Crippen LogP contribution in [0.25, 0.3) is 0 Å². The molecule has 0 saturated heterocycles. The van der Waals surface area contributed by atoms with Crippen LogP contribution in [-0.4, -0.2) is 24.7 Å². The molecule has 0 radical (unpaired) electrons. The van der Waals surface area contributed by atoms with Crippen molar-refractivity contribution in [3.8, 4) is 5.75 Å². The quantitative estimate of drug-likeness (QED) is 0.839. The van der Waals surface area contributed by atoms with E-state index in [0.29, 0.717) is 12.1 Å². The van der Waals surface area contributed by atoms with Gasteiger partial charge < -0.3 is 10.1 Å². The Morgan fingerprint density at radius 3 is 2.55 bits per heavy atom. The molecule has 0 spiro atoms. The second kappa shape index (κ2) is 5.55. The van der Waals surface area contributed by atoms with Crippen LogP contribution in [0.15, 0.2) is 24.3 Å². The number of hydrogen-bond acceptors (Lipinski definition) is 2. The summed E-state index contributed by atoms with van der Waals surface area (Å²) in [5.41, 5.74) is 0.694. The topological polar surface area (TPSA) is 21.3 Å². The first-order valence-corrected chi connectivity index (χ1v) is 6.13. The summed E-state index contributed by atoms with van der Waals surface area (Å²) in [6.45, 7) is -1.03. The number of alkyl halides is 5. The summed E-state index contributed by atoms with van der Waals surface area (Å²) in [6.07, 6.45) is -4.78. The summed E-state index contributed by atoms with van der Waals surface area (Å²) in [5, 5.41) is 2.93. The molecule has 1 aliphatic carbocycles. The van der Waals surface area contributed by atoms with E-state index >= 15 is 0 Å². The first kappa shape index (κ1) is 15.0. The van der Waals surface area contributed by atoms with Crippen LogP contribution in [0.3, 0.4) is 0 Å². The van der Waals surface area contributed by atoms with Crippen molar-refractivity contribution in [2.24, 2.45) is 0 Å². The standard InChI is InChI=1S/C13H14F5NO/c14-12(15)5-10(6-12)19-7-9-2-1-3-11(4-9)20-8-13(16,17)18/h1-4,10,19H,5-8H2.